The number of rotatable bonds is 2. The van der Waals surface area contributed by atoms with Gasteiger partial charge in [0.15, 0.2) is 0 Å². The largest absolute Gasteiger partial charge is 0.353 e. The van der Waals surface area contributed by atoms with Crippen LogP contribution < -0.4 is 10.2 Å². The average molecular weight is 255 g/mol. The molecule has 1 aromatic rings. The van der Waals surface area contributed by atoms with E-state index in [4.69, 9.17) is 11.6 Å². The van der Waals surface area contributed by atoms with Crippen LogP contribution in [0.1, 0.15) is 18.3 Å². The molecule has 1 aromatic heterocycles. The van der Waals surface area contributed by atoms with Crippen molar-refractivity contribution in [3.8, 4) is 0 Å². The molecule has 2 heterocycles. The van der Waals surface area contributed by atoms with Crippen LogP contribution in [0.4, 0.5) is 5.82 Å². The van der Waals surface area contributed by atoms with Gasteiger partial charge in [0.2, 0.25) is 5.91 Å². The predicted octanol–water partition coefficient (Wildman–Crippen LogP) is 0.937. The summed E-state index contributed by atoms with van der Waals surface area (Å²) in [5.41, 5.74) is 0.832. The average Bonchev–Trinajstić information content (AvgIpc) is 2.32. The summed E-state index contributed by atoms with van der Waals surface area (Å²) in [4.78, 5) is 22.0. The summed E-state index contributed by atoms with van der Waals surface area (Å²) in [6.45, 7) is 5.58. The van der Waals surface area contributed by atoms with Crippen molar-refractivity contribution < 1.29 is 4.79 Å². The van der Waals surface area contributed by atoms with Crippen molar-refractivity contribution in [1.29, 1.82) is 0 Å². The summed E-state index contributed by atoms with van der Waals surface area (Å²) in [6.07, 6.45) is 0.729. The number of nitrogens with one attached hydrogen (secondary N) is 1. The van der Waals surface area contributed by atoms with Gasteiger partial charge < -0.3 is 10.2 Å². The number of aromatic nitrogens is 2. The Morgan fingerprint density at radius 3 is 2.88 bits per heavy atom. The Kier molecular flexibility index (Phi) is 3.47. The highest BCUT2D eigenvalue weighted by Gasteiger charge is 2.21. The van der Waals surface area contributed by atoms with Crippen molar-refractivity contribution >= 4 is 23.3 Å². The van der Waals surface area contributed by atoms with Crippen molar-refractivity contribution in [1.82, 2.24) is 15.3 Å². The molecule has 0 saturated carbocycles. The van der Waals surface area contributed by atoms with E-state index in [1.165, 1.54) is 0 Å². The van der Waals surface area contributed by atoms with Gasteiger partial charge in [0.25, 0.3) is 0 Å². The van der Waals surface area contributed by atoms with Crippen molar-refractivity contribution in [2.75, 3.05) is 24.5 Å². The molecule has 1 saturated heterocycles. The Balaban J connectivity index is 2.36. The van der Waals surface area contributed by atoms with E-state index >= 15 is 0 Å². The standard InChI is InChI=1S/C11H15ClN4O/c1-3-8-14-10(12)7(2)11(15-8)16-5-4-13-9(17)6-16/h3-6H2,1-2H3,(H,13,17). The Morgan fingerprint density at radius 2 is 2.24 bits per heavy atom. The molecule has 0 atom stereocenters. The second-order valence-corrected chi connectivity index (χ2v) is 4.36. The number of nitrogens with zero attached hydrogens (tertiary/aromatic N) is 3. The van der Waals surface area contributed by atoms with Crippen molar-refractivity contribution in [3.05, 3.63) is 16.5 Å². The minimum absolute atomic E-state index is 0.0171. The van der Waals surface area contributed by atoms with Gasteiger partial charge in [0, 0.05) is 25.1 Å². The van der Waals surface area contributed by atoms with Crippen molar-refractivity contribution in [2.24, 2.45) is 0 Å². The van der Waals surface area contributed by atoms with Gasteiger partial charge in [-0.05, 0) is 6.92 Å². The highest BCUT2D eigenvalue weighted by atomic mass is 35.5. The molecule has 0 radical (unpaired) electrons. The molecular weight excluding hydrogens is 240 g/mol. The SMILES string of the molecule is CCc1nc(Cl)c(C)c(N2CCNC(=O)C2)n1. The summed E-state index contributed by atoms with van der Waals surface area (Å²) < 4.78 is 0. The number of piperazine rings is 1. The molecule has 0 unspecified atom stereocenters. The number of anilines is 1. The molecule has 1 aliphatic rings. The Bertz CT molecular complexity index is 449. The molecule has 1 N–H and O–H groups in total. The molecule has 0 spiro atoms. The molecular formula is C11H15ClN4O. The lowest BCUT2D eigenvalue weighted by molar-refractivity contribution is -0.120. The molecule has 17 heavy (non-hydrogen) atoms. The highest BCUT2D eigenvalue weighted by Crippen LogP contribution is 2.23. The van der Waals surface area contributed by atoms with Crippen LogP contribution in [0.3, 0.4) is 0 Å². The normalized spacial score (nSPS) is 15.9. The maximum absolute atomic E-state index is 11.4. The predicted molar refractivity (Wildman–Crippen MR) is 66.4 cm³/mol. The number of hydrogen-bond donors (Lipinski definition) is 1. The van der Waals surface area contributed by atoms with E-state index < -0.39 is 0 Å². The van der Waals surface area contributed by atoms with E-state index in [1.54, 1.807) is 0 Å². The van der Waals surface area contributed by atoms with Gasteiger partial charge in [-0.15, -0.1) is 0 Å². The highest BCUT2D eigenvalue weighted by molar-refractivity contribution is 6.30. The molecule has 5 nitrogen and oxygen atoms in total. The minimum atomic E-state index is 0.0171. The number of amides is 1. The van der Waals surface area contributed by atoms with Crippen LogP contribution in [0, 0.1) is 6.92 Å². The molecule has 0 aliphatic carbocycles. The summed E-state index contributed by atoms with van der Waals surface area (Å²) in [5, 5.41) is 3.26. The first-order chi connectivity index (χ1) is 8.11. The van der Waals surface area contributed by atoms with Crippen molar-refractivity contribution in [2.45, 2.75) is 20.3 Å². The van der Waals surface area contributed by atoms with Gasteiger partial charge in [0.05, 0.1) is 6.54 Å². The third-order valence-electron chi connectivity index (χ3n) is 2.76. The van der Waals surface area contributed by atoms with Gasteiger partial charge in [-0.2, -0.15) is 0 Å². The number of aryl methyl sites for hydroxylation is 1. The third-order valence-corrected chi connectivity index (χ3v) is 3.13. The van der Waals surface area contributed by atoms with Gasteiger partial charge >= 0.3 is 0 Å². The summed E-state index contributed by atoms with van der Waals surface area (Å²) in [6, 6.07) is 0. The molecule has 92 valence electrons. The van der Waals surface area contributed by atoms with Crippen LogP contribution in [-0.2, 0) is 11.2 Å². The summed E-state index contributed by atoms with van der Waals surface area (Å²) in [5.74, 6) is 1.50. The monoisotopic (exact) mass is 254 g/mol. The van der Waals surface area contributed by atoms with Gasteiger partial charge in [-0.25, -0.2) is 9.97 Å². The maximum Gasteiger partial charge on any atom is 0.239 e. The zero-order chi connectivity index (χ0) is 12.4. The van der Waals surface area contributed by atoms with Crippen molar-refractivity contribution in [3.63, 3.8) is 0 Å². The molecule has 1 amide bonds. The molecule has 1 aliphatic heterocycles. The van der Waals surface area contributed by atoms with Gasteiger partial charge in [-0.3, -0.25) is 4.79 Å². The fourth-order valence-corrected chi connectivity index (χ4v) is 1.99. The van der Waals surface area contributed by atoms with E-state index in [0.29, 0.717) is 24.1 Å². The number of halogens is 1. The quantitative estimate of drug-likeness (QED) is 0.798. The Hall–Kier alpha value is -1.36. The van der Waals surface area contributed by atoms with E-state index in [2.05, 4.69) is 15.3 Å². The maximum atomic E-state index is 11.4. The van der Waals surface area contributed by atoms with E-state index in [1.807, 2.05) is 18.7 Å². The van der Waals surface area contributed by atoms with Crippen LogP contribution >= 0.6 is 11.6 Å². The van der Waals surface area contributed by atoms with Crippen LogP contribution in [-0.4, -0.2) is 35.5 Å². The molecule has 6 heteroatoms. The summed E-state index contributed by atoms with van der Waals surface area (Å²) >= 11 is 6.08. The molecule has 2 rings (SSSR count). The van der Waals surface area contributed by atoms with Crippen LogP contribution in [0.15, 0.2) is 0 Å². The first kappa shape index (κ1) is 12.1. The lowest BCUT2D eigenvalue weighted by Gasteiger charge is -2.29. The van der Waals surface area contributed by atoms with E-state index in [0.717, 1.165) is 24.3 Å². The third kappa shape index (κ3) is 2.49. The number of hydrogen-bond acceptors (Lipinski definition) is 4. The minimum Gasteiger partial charge on any atom is -0.353 e. The van der Waals surface area contributed by atoms with Gasteiger partial charge in [0.1, 0.15) is 16.8 Å². The first-order valence-corrected chi connectivity index (χ1v) is 6.04. The Morgan fingerprint density at radius 1 is 1.47 bits per heavy atom. The van der Waals surface area contributed by atoms with Crippen LogP contribution in [0.2, 0.25) is 5.15 Å². The second-order valence-electron chi connectivity index (χ2n) is 4.00. The molecule has 0 aromatic carbocycles. The lowest BCUT2D eigenvalue weighted by Crippen LogP contribution is -2.48. The topological polar surface area (TPSA) is 58.1 Å². The lowest BCUT2D eigenvalue weighted by atomic mass is 10.2. The zero-order valence-corrected chi connectivity index (χ0v) is 10.7. The fraction of sp³-hybridized carbons (Fsp3) is 0.545. The first-order valence-electron chi connectivity index (χ1n) is 5.66. The number of carbonyl (C=O) groups is 1. The molecule has 0 bridgehead atoms. The van der Waals surface area contributed by atoms with E-state index in [9.17, 15) is 4.79 Å². The summed E-state index contributed by atoms with van der Waals surface area (Å²) in [7, 11) is 0. The van der Waals surface area contributed by atoms with Crippen LogP contribution in [0.25, 0.3) is 0 Å². The second kappa shape index (κ2) is 4.87. The fourth-order valence-electron chi connectivity index (χ4n) is 1.81. The van der Waals surface area contributed by atoms with E-state index in [-0.39, 0.29) is 5.91 Å². The van der Waals surface area contributed by atoms with Crippen LogP contribution in [0.5, 0.6) is 0 Å². The smallest absolute Gasteiger partial charge is 0.239 e. The zero-order valence-electron chi connectivity index (χ0n) is 9.96. The number of carbonyl (C=O) groups excluding carboxylic acids is 1. The molecule has 1 fully saturated rings. The van der Waals surface area contributed by atoms with Gasteiger partial charge in [-0.1, -0.05) is 18.5 Å². The Labute approximate surface area is 105 Å².